The van der Waals surface area contributed by atoms with E-state index in [0.717, 1.165) is 25.7 Å². The van der Waals surface area contributed by atoms with E-state index in [2.05, 4.69) is 5.32 Å². The maximum absolute atomic E-state index is 12.0. The molecule has 2 atom stereocenters. The van der Waals surface area contributed by atoms with Crippen LogP contribution >= 0.6 is 0 Å². The number of nitrogens with two attached hydrogens (primary N) is 1. The van der Waals surface area contributed by atoms with Gasteiger partial charge in [-0.05, 0) is 32.1 Å². The molecule has 2 rings (SSSR count). The number of nitrogens with one attached hydrogen (secondary N) is 1. The zero-order valence-electron chi connectivity index (χ0n) is 10.1. The average Bonchev–Trinajstić information content (AvgIpc) is 2.30. The molecule has 3 N–H and O–H groups in total. The lowest BCUT2D eigenvalue weighted by atomic mass is 9.85. The first kappa shape index (κ1) is 11.9. The van der Waals surface area contributed by atoms with Gasteiger partial charge in [-0.25, -0.2) is 0 Å². The van der Waals surface area contributed by atoms with Gasteiger partial charge in [0.2, 0.25) is 5.91 Å². The van der Waals surface area contributed by atoms with E-state index in [1.54, 1.807) is 0 Å². The number of hydrogen-bond acceptors (Lipinski definition) is 2. The van der Waals surface area contributed by atoms with Crippen molar-refractivity contribution in [1.29, 1.82) is 0 Å². The van der Waals surface area contributed by atoms with Crippen LogP contribution in [0.4, 0.5) is 0 Å². The molecule has 1 amide bonds. The summed E-state index contributed by atoms with van der Waals surface area (Å²) in [6, 6.07) is 0.690. The second kappa shape index (κ2) is 5.67. The van der Waals surface area contributed by atoms with E-state index >= 15 is 0 Å². The molecular formula is C13H24N2O. The number of carbonyl (C=O) groups excluding carboxylic acids is 1. The molecular weight excluding hydrogens is 200 g/mol. The number of hydrogen-bond donors (Lipinski definition) is 2. The summed E-state index contributed by atoms with van der Waals surface area (Å²) in [6.45, 7) is 0. The molecule has 0 aliphatic heterocycles. The van der Waals surface area contributed by atoms with E-state index in [1.807, 2.05) is 0 Å². The molecule has 2 saturated carbocycles. The minimum atomic E-state index is 0.186. The molecule has 3 heteroatoms. The topological polar surface area (TPSA) is 55.1 Å². The Morgan fingerprint density at radius 3 is 2.44 bits per heavy atom. The fourth-order valence-electron chi connectivity index (χ4n) is 3.03. The van der Waals surface area contributed by atoms with Crippen molar-refractivity contribution in [2.75, 3.05) is 0 Å². The van der Waals surface area contributed by atoms with E-state index < -0.39 is 0 Å². The van der Waals surface area contributed by atoms with E-state index in [-0.39, 0.29) is 17.9 Å². The summed E-state index contributed by atoms with van der Waals surface area (Å²) in [7, 11) is 0. The molecule has 0 aromatic rings. The summed E-state index contributed by atoms with van der Waals surface area (Å²) in [5.74, 6) is 0.452. The third-order valence-corrected chi connectivity index (χ3v) is 4.04. The quantitative estimate of drug-likeness (QED) is 0.753. The molecule has 16 heavy (non-hydrogen) atoms. The van der Waals surface area contributed by atoms with Crippen LogP contribution in [-0.2, 0) is 4.79 Å². The zero-order valence-corrected chi connectivity index (χ0v) is 10.1. The highest BCUT2D eigenvalue weighted by atomic mass is 16.1. The molecule has 0 saturated heterocycles. The van der Waals surface area contributed by atoms with Crippen molar-refractivity contribution in [2.45, 2.75) is 69.9 Å². The minimum absolute atomic E-state index is 0.186. The van der Waals surface area contributed by atoms with Gasteiger partial charge in [0.15, 0.2) is 0 Å². The van der Waals surface area contributed by atoms with Crippen LogP contribution < -0.4 is 11.1 Å². The molecule has 0 radical (unpaired) electrons. The number of amides is 1. The lowest BCUT2D eigenvalue weighted by Crippen LogP contribution is -2.43. The maximum atomic E-state index is 12.0. The summed E-state index contributed by atoms with van der Waals surface area (Å²) in [4.78, 5) is 12.0. The highest BCUT2D eigenvalue weighted by Gasteiger charge is 2.27. The van der Waals surface area contributed by atoms with Gasteiger partial charge in [0, 0.05) is 18.0 Å². The maximum Gasteiger partial charge on any atom is 0.223 e. The van der Waals surface area contributed by atoms with E-state index in [1.165, 1.54) is 32.1 Å². The van der Waals surface area contributed by atoms with Gasteiger partial charge in [-0.2, -0.15) is 0 Å². The Balaban J connectivity index is 1.77. The normalized spacial score (nSPS) is 32.3. The SMILES string of the molecule is NC1CCCC(C(=O)NC2CCCCC2)C1. The van der Waals surface area contributed by atoms with Crippen LogP contribution in [0.1, 0.15) is 57.8 Å². The molecule has 2 aliphatic rings. The molecule has 0 bridgehead atoms. The summed E-state index contributed by atoms with van der Waals surface area (Å²) < 4.78 is 0. The molecule has 0 spiro atoms. The number of rotatable bonds is 2. The zero-order chi connectivity index (χ0) is 11.4. The van der Waals surface area contributed by atoms with Crippen LogP contribution in [-0.4, -0.2) is 18.0 Å². The predicted octanol–water partition coefficient (Wildman–Crippen LogP) is 1.95. The van der Waals surface area contributed by atoms with Gasteiger partial charge >= 0.3 is 0 Å². The summed E-state index contributed by atoms with van der Waals surface area (Å²) in [5, 5.41) is 3.21. The predicted molar refractivity (Wildman–Crippen MR) is 64.9 cm³/mol. The fourth-order valence-corrected chi connectivity index (χ4v) is 3.03. The van der Waals surface area contributed by atoms with Gasteiger partial charge in [-0.1, -0.05) is 25.7 Å². The molecule has 0 heterocycles. The summed E-state index contributed by atoms with van der Waals surface area (Å²) >= 11 is 0. The Kier molecular flexibility index (Phi) is 4.22. The Morgan fingerprint density at radius 2 is 1.75 bits per heavy atom. The first-order valence-electron chi connectivity index (χ1n) is 6.81. The van der Waals surface area contributed by atoms with Crippen molar-refractivity contribution >= 4 is 5.91 Å². The molecule has 92 valence electrons. The van der Waals surface area contributed by atoms with Crippen LogP contribution in [0.3, 0.4) is 0 Å². The van der Waals surface area contributed by atoms with Crippen molar-refractivity contribution in [3.8, 4) is 0 Å². The van der Waals surface area contributed by atoms with Crippen LogP contribution in [0.2, 0.25) is 0 Å². The first-order chi connectivity index (χ1) is 7.75. The van der Waals surface area contributed by atoms with E-state index in [0.29, 0.717) is 6.04 Å². The Bertz CT molecular complexity index is 236. The largest absolute Gasteiger partial charge is 0.353 e. The van der Waals surface area contributed by atoms with Crippen LogP contribution in [0, 0.1) is 5.92 Å². The van der Waals surface area contributed by atoms with Crippen molar-refractivity contribution in [3.63, 3.8) is 0 Å². The number of carbonyl (C=O) groups is 1. The van der Waals surface area contributed by atoms with Crippen molar-refractivity contribution in [1.82, 2.24) is 5.32 Å². The Morgan fingerprint density at radius 1 is 1.00 bits per heavy atom. The summed E-state index contributed by atoms with van der Waals surface area (Å²) in [5.41, 5.74) is 5.92. The molecule has 2 unspecified atom stereocenters. The molecule has 0 aromatic carbocycles. The third-order valence-electron chi connectivity index (χ3n) is 4.04. The van der Waals surface area contributed by atoms with Crippen LogP contribution in [0.5, 0.6) is 0 Å². The van der Waals surface area contributed by atoms with Gasteiger partial charge < -0.3 is 11.1 Å². The van der Waals surface area contributed by atoms with Crippen LogP contribution in [0.15, 0.2) is 0 Å². The standard InChI is InChI=1S/C13H24N2O/c14-11-6-4-5-10(9-11)13(16)15-12-7-2-1-3-8-12/h10-12H,1-9,14H2,(H,15,16). The fraction of sp³-hybridized carbons (Fsp3) is 0.923. The van der Waals surface area contributed by atoms with E-state index in [9.17, 15) is 4.79 Å². The molecule has 3 nitrogen and oxygen atoms in total. The van der Waals surface area contributed by atoms with Crippen molar-refractivity contribution < 1.29 is 4.79 Å². The van der Waals surface area contributed by atoms with Gasteiger partial charge in [-0.3, -0.25) is 4.79 Å². The minimum Gasteiger partial charge on any atom is -0.353 e. The van der Waals surface area contributed by atoms with E-state index in [4.69, 9.17) is 5.73 Å². The molecule has 2 fully saturated rings. The second-order valence-corrected chi connectivity index (χ2v) is 5.47. The van der Waals surface area contributed by atoms with Crippen LogP contribution in [0.25, 0.3) is 0 Å². The Labute approximate surface area is 98.2 Å². The third kappa shape index (κ3) is 3.21. The molecule has 0 aromatic heterocycles. The van der Waals surface area contributed by atoms with Gasteiger partial charge in [-0.15, -0.1) is 0 Å². The lowest BCUT2D eigenvalue weighted by Gasteiger charge is -2.29. The smallest absolute Gasteiger partial charge is 0.223 e. The van der Waals surface area contributed by atoms with Gasteiger partial charge in [0.1, 0.15) is 0 Å². The van der Waals surface area contributed by atoms with Crippen molar-refractivity contribution in [3.05, 3.63) is 0 Å². The summed E-state index contributed by atoms with van der Waals surface area (Å²) in [6.07, 6.45) is 10.3. The first-order valence-corrected chi connectivity index (χ1v) is 6.81. The van der Waals surface area contributed by atoms with Gasteiger partial charge in [0.05, 0.1) is 0 Å². The monoisotopic (exact) mass is 224 g/mol. The lowest BCUT2D eigenvalue weighted by molar-refractivity contribution is -0.127. The Hall–Kier alpha value is -0.570. The average molecular weight is 224 g/mol. The van der Waals surface area contributed by atoms with Crippen molar-refractivity contribution in [2.24, 2.45) is 11.7 Å². The highest BCUT2D eigenvalue weighted by molar-refractivity contribution is 5.79. The second-order valence-electron chi connectivity index (χ2n) is 5.47. The van der Waals surface area contributed by atoms with Gasteiger partial charge in [0.25, 0.3) is 0 Å². The molecule has 2 aliphatic carbocycles. The highest BCUT2D eigenvalue weighted by Crippen LogP contribution is 2.24.